The Labute approximate surface area is 327 Å². The van der Waals surface area contributed by atoms with Gasteiger partial charge in [-0.25, -0.2) is 24.2 Å². The van der Waals surface area contributed by atoms with Crippen LogP contribution >= 0.6 is 23.2 Å². The Kier molecular flexibility index (Phi) is 14.2. The Hall–Kier alpha value is -5.50. The van der Waals surface area contributed by atoms with Crippen molar-refractivity contribution in [1.29, 1.82) is 0 Å². The number of rotatable bonds is 16. The third-order valence-corrected chi connectivity index (χ3v) is 8.15. The van der Waals surface area contributed by atoms with Gasteiger partial charge in [-0.2, -0.15) is 17.9 Å². The SMILES string of the molecule is C[C@H](NC(=O)OC(C)(C)C)C(=O)NCCCCCC(=O)O[C@@H](Cn1c(-c2ccc(Cl)cc2)nn(Cc2nc(C(N)=O)n(-c3ncccc3Cl)n2)c1=O)C(F)(F)F. The van der Waals surface area contributed by atoms with Crippen LogP contribution in [-0.2, 0) is 32.2 Å². The number of aromatic nitrogens is 7. The van der Waals surface area contributed by atoms with Gasteiger partial charge in [0.1, 0.15) is 18.2 Å². The number of nitrogens with one attached hydrogen (secondary N) is 2. The number of hydrogen-bond donors (Lipinski definition) is 3. The number of primary amides is 1. The van der Waals surface area contributed by atoms with E-state index in [2.05, 4.69) is 30.8 Å². The predicted molar refractivity (Wildman–Crippen MR) is 195 cm³/mol. The topological polar surface area (TPSA) is 220 Å². The Bertz CT molecular complexity index is 2100. The van der Waals surface area contributed by atoms with Gasteiger partial charge in [-0.3, -0.25) is 19.0 Å². The molecule has 3 amide bonds. The zero-order valence-electron chi connectivity index (χ0n) is 30.6. The highest BCUT2D eigenvalue weighted by Gasteiger charge is 2.44. The van der Waals surface area contributed by atoms with Crippen LogP contribution in [0, 0.1) is 0 Å². The lowest BCUT2D eigenvalue weighted by Gasteiger charge is -2.21. The van der Waals surface area contributed by atoms with Gasteiger partial charge in [0.2, 0.25) is 17.8 Å². The number of amides is 3. The molecule has 22 heteroatoms. The number of nitrogens with two attached hydrogens (primary N) is 1. The van der Waals surface area contributed by atoms with Crippen LogP contribution < -0.4 is 22.1 Å². The monoisotopic (exact) mass is 826 g/mol. The molecule has 4 rings (SSSR count). The van der Waals surface area contributed by atoms with E-state index in [-0.39, 0.29) is 53.3 Å². The summed E-state index contributed by atoms with van der Waals surface area (Å²) in [6, 6.07) is 7.87. The zero-order valence-corrected chi connectivity index (χ0v) is 32.1. The number of alkyl halides is 3. The van der Waals surface area contributed by atoms with E-state index in [0.29, 0.717) is 22.4 Å². The van der Waals surface area contributed by atoms with Gasteiger partial charge >= 0.3 is 23.9 Å². The van der Waals surface area contributed by atoms with Crippen molar-refractivity contribution in [2.24, 2.45) is 5.73 Å². The molecule has 4 N–H and O–H groups in total. The maximum absolute atomic E-state index is 14.4. The number of hydrogen-bond acceptors (Lipinski definition) is 11. The molecule has 0 aliphatic heterocycles. The van der Waals surface area contributed by atoms with Gasteiger partial charge in [-0.15, -0.1) is 10.2 Å². The van der Waals surface area contributed by atoms with Gasteiger partial charge in [0, 0.05) is 29.7 Å². The van der Waals surface area contributed by atoms with Crippen LogP contribution in [0.2, 0.25) is 10.0 Å². The average Bonchev–Trinajstić information content (AvgIpc) is 3.66. The number of halogens is 5. The fourth-order valence-electron chi connectivity index (χ4n) is 4.99. The van der Waals surface area contributed by atoms with Crippen LogP contribution in [0.15, 0.2) is 47.4 Å². The van der Waals surface area contributed by atoms with E-state index in [0.717, 1.165) is 9.36 Å². The number of carbonyl (C=O) groups excluding carboxylic acids is 4. The highest BCUT2D eigenvalue weighted by atomic mass is 35.5. The lowest BCUT2D eigenvalue weighted by atomic mass is 10.2. The second-order valence-corrected chi connectivity index (χ2v) is 14.2. The molecule has 17 nitrogen and oxygen atoms in total. The summed E-state index contributed by atoms with van der Waals surface area (Å²) in [6.45, 7) is 4.99. The molecule has 0 aliphatic carbocycles. The summed E-state index contributed by atoms with van der Waals surface area (Å²) in [6.07, 6.45) is -6.75. The summed E-state index contributed by atoms with van der Waals surface area (Å²) in [7, 11) is 0. The number of pyridine rings is 1. The van der Waals surface area contributed by atoms with Crippen molar-refractivity contribution in [3.63, 3.8) is 0 Å². The first-order valence-corrected chi connectivity index (χ1v) is 17.8. The second kappa shape index (κ2) is 18.4. The van der Waals surface area contributed by atoms with Crippen molar-refractivity contribution in [2.45, 2.75) is 90.4 Å². The zero-order chi connectivity index (χ0) is 41.4. The third-order valence-electron chi connectivity index (χ3n) is 7.60. The number of esters is 1. The number of ether oxygens (including phenoxy) is 2. The molecule has 3 heterocycles. The lowest BCUT2D eigenvalue weighted by Crippen LogP contribution is -2.46. The fraction of sp³-hybridized carbons (Fsp3) is 0.441. The van der Waals surface area contributed by atoms with Gasteiger partial charge in [0.25, 0.3) is 5.91 Å². The van der Waals surface area contributed by atoms with E-state index in [1.807, 2.05) is 0 Å². The fourth-order valence-corrected chi connectivity index (χ4v) is 5.32. The molecule has 0 saturated carbocycles. The molecule has 0 radical (unpaired) electrons. The summed E-state index contributed by atoms with van der Waals surface area (Å²) >= 11 is 12.2. The van der Waals surface area contributed by atoms with Gasteiger partial charge in [-0.1, -0.05) is 29.6 Å². The molecule has 0 unspecified atom stereocenters. The first-order chi connectivity index (χ1) is 26.2. The highest BCUT2D eigenvalue weighted by molar-refractivity contribution is 6.32. The van der Waals surface area contributed by atoms with Crippen LogP contribution in [0.5, 0.6) is 0 Å². The van der Waals surface area contributed by atoms with Crippen LogP contribution in [0.4, 0.5) is 18.0 Å². The van der Waals surface area contributed by atoms with Crippen LogP contribution in [0.25, 0.3) is 17.2 Å². The molecule has 302 valence electrons. The van der Waals surface area contributed by atoms with Crippen LogP contribution in [-0.4, -0.2) is 88.4 Å². The van der Waals surface area contributed by atoms with Gasteiger partial charge in [0.15, 0.2) is 17.5 Å². The molecule has 3 aromatic heterocycles. The quantitative estimate of drug-likeness (QED) is 0.107. The molecular weight excluding hydrogens is 788 g/mol. The molecule has 0 spiro atoms. The summed E-state index contributed by atoms with van der Waals surface area (Å²) in [4.78, 5) is 70.8. The number of alkyl carbamates (subject to hydrolysis) is 1. The van der Waals surface area contributed by atoms with E-state index < -0.39 is 66.6 Å². The lowest BCUT2D eigenvalue weighted by molar-refractivity contribution is -0.224. The standard InChI is InChI=1S/C34H39Cl2F3N10O7/c1-19(43-31(53)56-33(2,3)4)30(52)42-15-7-5-6-10-25(50)55-23(34(37,38)39)17-47-27(20-11-13-21(35)14-12-20)46-48(32(47)54)18-24-44-29(26(40)51)49(45-24)28-22(36)9-8-16-41-28/h8-9,11-14,16,19,23H,5-7,10,15,17-18H2,1-4H3,(H2,40,51)(H,42,52)(H,43,53)/t19-,23-/m0/s1. The molecule has 0 saturated heterocycles. The largest absolute Gasteiger partial charge is 0.451 e. The molecule has 0 bridgehead atoms. The third kappa shape index (κ3) is 12.0. The Morgan fingerprint density at radius 2 is 1.70 bits per heavy atom. The summed E-state index contributed by atoms with van der Waals surface area (Å²) < 4.78 is 55.5. The first kappa shape index (κ1) is 43.2. The van der Waals surface area contributed by atoms with Crippen molar-refractivity contribution < 1.29 is 41.8 Å². The van der Waals surface area contributed by atoms with E-state index in [1.165, 1.54) is 49.5 Å². The molecule has 0 aliphatic rings. The Balaban J connectivity index is 1.45. The van der Waals surface area contributed by atoms with Crippen molar-refractivity contribution >= 4 is 47.1 Å². The van der Waals surface area contributed by atoms with Crippen molar-refractivity contribution in [3.05, 3.63) is 74.8 Å². The van der Waals surface area contributed by atoms with Crippen molar-refractivity contribution in [3.8, 4) is 17.2 Å². The minimum atomic E-state index is -5.10. The minimum absolute atomic E-state index is 0.00220. The molecule has 0 fully saturated rings. The van der Waals surface area contributed by atoms with Crippen LogP contribution in [0.3, 0.4) is 0 Å². The first-order valence-electron chi connectivity index (χ1n) is 17.1. The van der Waals surface area contributed by atoms with E-state index in [4.69, 9.17) is 38.4 Å². The van der Waals surface area contributed by atoms with E-state index >= 15 is 0 Å². The number of unbranched alkanes of at least 4 members (excludes halogenated alkanes) is 2. The normalized spacial score (nSPS) is 12.8. The highest BCUT2D eigenvalue weighted by Crippen LogP contribution is 2.27. The summed E-state index contributed by atoms with van der Waals surface area (Å²) in [5.74, 6) is -3.44. The summed E-state index contributed by atoms with van der Waals surface area (Å²) in [5.41, 5.74) is 3.89. The van der Waals surface area contributed by atoms with Gasteiger partial charge < -0.3 is 25.8 Å². The molecule has 2 atom stereocenters. The average molecular weight is 828 g/mol. The molecule has 1 aromatic carbocycles. The minimum Gasteiger partial charge on any atom is -0.451 e. The molecular formula is C34H39Cl2F3N10O7. The Morgan fingerprint density at radius 1 is 1.00 bits per heavy atom. The van der Waals surface area contributed by atoms with Gasteiger partial charge in [0.05, 0.1) is 11.6 Å². The maximum atomic E-state index is 14.4. The molecule has 4 aromatic rings. The van der Waals surface area contributed by atoms with Crippen molar-refractivity contribution in [2.75, 3.05) is 6.54 Å². The van der Waals surface area contributed by atoms with E-state index in [1.54, 1.807) is 20.8 Å². The summed E-state index contributed by atoms with van der Waals surface area (Å²) in [5, 5.41) is 13.8. The van der Waals surface area contributed by atoms with E-state index in [9.17, 15) is 37.1 Å². The Morgan fingerprint density at radius 3 is 2.32 bits per heavy atom. The predicted octanol–water partition coefficient (Wildman–Crippen LogP) is 4.21. The smallest absolute Gasteiger partial charge is 0.427 e. The maximum Gasteiger partial charge on any atom is 0.427 e. The second-order valence-electron chi connectivity index (χ2n) is 13.3. The number of carbonyl (C=O) groups is 4. The molecule has 56 heavy (non-hydrogen) atoms. The van der Waals surface area contributed by atoms with Crippen LogP contribution in [0.1, 0.15) is 69.8 Å². The number of benzene rings is 1. The number of nitrogens with zero attached hydrogens (tertiary/aromatic N) is 7. The van der Waals surface area contributed by atoms with Crippen molar-refractivity contribution in [1.82, 2.24) is 44.7 Å². The van der Waals surface area contributed by atoms with Gasteiger partial charge in [-0.05, 0) is 76.9 Å².